The number of hydrogen-bond acceptors (Lipinski definition) is 10. The normalized spacial score (nSPS) is 12.0. The third-order valence-corrected chi connectivity index (χ3v) is 4.71. The van der Waals surface area contributed by atoms with E-state index in [0.717, 1.165) is 10.2 Å². The van der Waals surface area contributed by atoms with Crippen molar-refractivity contribution in [1.29, 1.82) is 0 Å². The molecule has 0 aliphatic carbocycles. The van der Waals surface area contributed by atoms with Crippen LogP contribution in [0.1, 0.15) is 26.3 Å². The fourth-order valence-electron chi connectivity index (χ4n) is 3.36. The van der Waals surface area contributed by atoms with Crippen LogP contribution in [0.15, 0.2) is 34.9 Å². The molecule has 162 valence electrons. The van der Waals surface area contributed by atoms with Crippen LogP contribution in [-0.4, -0.2) is 51.6 Å². The van der Waals surface area contributed by atoms with Gasteiger partial charge in [-0.05, 0) is 52.0 Å². The van der Waals surface area contributed by atoms with Gasteiger partial charge in [-0.25, -0.2) is 9.78 Å². The van der Waals surface area contributed by atoms with Crippen molar-refractivity contribution in [1.82, 2.24) is 40.0 Å². The van der Waals surface area contributed by atoms with E-state index in [2.05, 4.69) is 30.6 Å². The molecule has 12 nitrogen and oxygen atoms in total. The standard InChI is InChI=1S/C20H19N9O3/c1-10-11(7-8-12-14(10)24-27-29(12)19(30)32-20(2,3)4)28-17-16(25-26-28)15(22-18(21)23-17)13-6-5-9-31-13/h5-9H,1-4H3,(H2,21,22,23). The molecule has 4 aromatic heterocycles. The van der Waals surface area contributed by atoms with Crippen molar-refractivity contribution >= 4 is 34.2 Å². The van der Waals surface area contributed by atoms with E-state index in [1.807, 2.05) is 6.92 Å². The van der Waals surface area contributed by atoms with Crippen molar-refractivity contribution < 1.29 is 13.9 Å². The van der Waals surface area contributed by atoms with E-state index in [0.29, 0.717) is 39.3 Å². The predicted octanol–water partition coefficient (Wildman–Crippen LogP) is 2.89. The molecule has 0 aliphatic rings. The van der Waals surface area contributed by atoms with E-state index < -0.39 is 11.7 Å². The first-order valence-corrected chi connectivity index (χ1v) is 9.74. The number of fused-ring (bicyclic) bond motifs is 2. The molecule has 12 heteroatoms. The van der Waals surface area contributed by atoms with Gasteiger partial charge in [-0.3, -0.25) is 0 Å². The van der Waals surface area contributed by atoms with Crippen LogP contribution in [0.3, 0.4) is 0 Å². The van der Waals surface area contributed by atoms with Gasteiger partial charge in [-0.1, -0.05) is 10.4 Å². The number of hydrogen-bond donors (Lipinski definition) is 1. The highest BCUT2D eigenvalue weighted by atomic mass is 16.6. The molecule has 0 bridgehead atoms. The minimum absolute atomic E-state index is 0.0575. The number of ether oxygens (including phenoxy) is 1. The highest BCUT2D eigenvalue weighted by Gasteiger charge is 2.23. The lowest BCUT2D eigenvalue weighted by Crippen LogP contribution is -2.27. The highest BCUT2D eigenvalue weighted by Crippen LogP contribution is 2.29. The number of benzene rings is 1. The Morgan fingerprint density at radius 3 is 2.59 bits per heavy atom. The zero-order chi connectivity index (χ0) is 22.6. The first-order chi connectivity index (χ1) is 15.2. The molecule has 4 heterocycles. The van der Waals surface area contributed by atoms with E-state index >= 15 is 0 Å². The fraction of sp³-hybridized carbons (Fsp3) is 0.250. The first kappa shape index (κ1) is 19.6. The van der Waals surface area contributed by atoms with Crippen molar-refractivity contribution in [2.24, 2.45) is 0 Å². The van der Waals surface area contributed by atoms with Crippen LogP contribution in [0.25, 0.3) is 39.3 Å². The Morgan fingerprint density at radius 1 is 1.09 bits per heavy atom. The summed E-state index contributed by atoms with van der Waals surface area (Å²) in [6.45, 7) is 7.20. The Kier molecular flexibility index (Phi) is 4.19. The number of carbonyl (C=O) groups excluding carboxylic acids is 1. The zero-order valence-electron chi connectivity index (χ0n) is 17.8. The van der Waals surface area contributed by atoms with E-state index in [4.69, 9.17) is 14.9 Å². The number of aryl methyl sites for hydroxylation is 1. The van der Waals surface area contributed by atoms with Crippen LogP contribution in [0.4, 0.5) is 10.7 Å². The van der Waals surface area contributed by atoms with Crippen LogP contribution in [0, 0.1) is 6.92 Å². The average Bonchev–Trinajstić information content (AvgIpc) is 3.46. The SMILES string of the molecule is Cc1c(-n2nnc3c(-c4ccco4)nc(N)nc32)ccc2c1nnn2C(=O)OC(C)(C)C. The summed E-state index contributed by atoms with van der Waals surface area (Å²) < 4.78 is 13.5. The molecular formula is C20H19N9O3. The highest BCUT2D eigenvalue weighted by molar-refractivity contribution is 5.90. The Balaban J connectivity index is 1.65. The lowest BCUT2D eigenvalue weighted by molar-refractivity contribution is 0.0519. The number of carbonyl (C=O) groups is 1. The Morgan fingerprint density at radius 2 is 1.88 bits per heavy atom. The summed E-state index contributed by atoms with van der Waals surface area (Å²) in [6.07, 6.45) is 0.928. The topological polar surface area (TPSA) is 153 Å². The van der Waals surface area contributed by atoms with Crippen LogP contribution in [0.2, 0.25) is 0 Å². The predicted molar refractivity (Wildman–Crippen MR) is 114 cm³/mol. The molecule has 0 atom stereocenters. The van der Waals surface area contributed by atoms with Crippen molar-refractivity contribution in [2.75, 3.05) is 5.73 Å². The van der Waals surface area contributed by atoms with Crippen LogP contribution in [-0.2, 0) is 4.74 Å². The van der Waals surface area contributed by atoms with Gasteiger partial charge in [0.2, 0.25) is 5.95 Å². The van der Waals surface area contributed by atoms with E-state index in [-0.39, 0.29) is 5.95 Å². The van der Waals surface area contributed by atoms with Gasteiger partial charge in [0, 0.05) is 5.56 Å². The van der Waals surface area contributed by atoms with Gasteiger partial charge in [0.25, 0.3) is 0 Å². The maximum absolute atomic E-state index is 12.5. The van der Waals surface area contributed by atoms with Crippen LogP contribution in [0.5, 0.6) is 0 Å². The summed E-state index contributed by atoms with van der Waals surface area (Å²) in [5, 5.41) is 16.6. The summed E-state index contributed by atoms with van der Waals surface area (Å²) in [6, 6.07) is 7.00. The summed E-state index contributed by atoms with van der Waals surface area (Å²) in [7, 11) is 0. The Bertz CT molecular complexity index is 1480. The first-order valence-electron chi connectivity index (χ1n) is 9.74. The molecule has 0 spiro atoms. The smallest absolute Gasteiger partial charge is 0.437 e. The summed E-state index contributed by atoms with van der Waals surface area (Å²) in [5.41, 5.74) is 8.98. The molecular weight excluding hydrogens is 414 g/mol. The molecule has 0 unspecified atom stereocenters. The van der Waals surface area contributed by atoms with Crippen molar-refractivity contribution in [3.63, 3.8) is 0 Å². The third kappa shape index (κ3) is 3.12. The number of rotatable bonds is 2. The Labute approximate surface area is 181 Å². The van der Waals surface area contributed by atoms with Gasteiger partial charge in [0.15, 0.2) is 16.9 Å². The number of furan rings is 1. The number of aromatic nitrogens is 8. The van der Waals surface area contributed by atoms with Crippen molar-refractivity contribution in [2.45, 2.75) is 33.3 Å². The minimum atomic E-state index is -0.657. The van der Waals surface area contributed by atoms with Gasteiger partial charge < -0.3 is 14.9 Å². The molecule has 0 fully saturated rings. The monoisotopic (exact) mass is 433 g/mol. The lowest BCUT2D eigenvalue weighted by atomic mass is 10.1. The van der Waals surface area contributed by atoms with Crippen LogP contribution >= 0.6 is 0 Å². The molecule has 5 aromatic rings. The zero-order valence-corrected chi connectivity index (χ0v) is 17.8. The molecule has 32 heavy (non-hydrogen) atoms. The number of anilines is 1. The van der Waals surface area contributed by atoms with Gasteiger partial charge in [0.05, 0.1) is 12.0 Å². The van der Waals surface area contributed by atoms with E-state index in [1.54, 1.807) is 49.7 Å². The van der Waals surface area contributed by atoms with Crippen molar-refractivity contribution in [3.8, 4) is 17.1 Å². The Hall–Kier alpha value is -4.35. The number of nitrogens with zero attached hydrogens (tertiary/aromatic N) is 8. The molecule has 0 saturated heterocycles. The van der Waals surface area contributed by atoms with Gasteiger partial charge >= 0.3 is 6.09 Å². The van der Waals surface area contributed by atoms with Gasteiger partial charge in [-0.2, -0.15) is 9.67 Å². The largest absolute Gasteiger partial charge is 0.463 e. The molecule has 0 amide bonds. The molecule has 0 saturated carbocycles. The third-order valence-electron chi connectivity index (χ3n) is 4.71. The molecule has 5 rings (SSSR count). The maximum Gasteiger partial charge on any atom is 0.437 e. The minimum Gasteiger partial charge on any atom is -0.463 e. The average molecular weight is 433 g/mol. The molecule has 1 aromatic carbocycles. The summed E-state index contributed by atoms with van der Waals surface area (Å²) >= 11 is 0. The van der Waals surface area contributed by atoms with Crippen molar-refractivity contribution in [3.05, 3.63) is 36.1 Å². The molecule has 2 N–H and O–H groups in total. The molecule has 0 aliphatic heterocycles. The summed E-state index contributed by atoms with van der Waals surface area (Å²) in [4.78, 5) is 21.1. The number of nitrogens with two attached hydrogens (primary N) is 1. The summed E-state index contributed by atoms with van der Waals surface area (Å²) in [5.74, 6) is 0.561. The van der Waals surface area contributed by atoms with Gasteiger partial charge in [-0.15, -0.1) is 14.9 Å². The van der Waals surface area contributed by atoms with Gasteiger partial charge in [0.1, 0.15) is 22.3 Å². The van der Waals surface area contributed by atoms with Crippen LogP contribution < -0.4 is 5.73 Å². The number of nitrogen functional groups attached to an aromatic ring is 1. The maximum atomic E-state index is 12.5. The lowest BCUT2D eigenvalue weighted by Gasteiger charge is -2.18. The second kappa shape index (κ2) is 6.83. The second-order valence-corrected chi connectivity index (χ2v) is 8.14. The second-order valence-electron chi connectivity index (χ2n) is 8.14. The fourth-order valence-corrected chi connectivity index (χ4v) is 3.36. The quantitative estimate of drug-likeness (QED) is 0.439. The van der Waals surface area contributed by atoms with E-state index in [9.17, 15) is 4.79 Å². The molecule has 0 radical (unpaired) electrons. The van der Waals surface area contributed by atoms with E-state index in [1.165, 1.54) is 6.26 Å².